The molecule has 2 heterocycles. The molecular weight excluding hydrogens is 462 g/mol. The Morgan fingerprint density at radius 3 is 2.35 bits per heavy atom. The normalized spacial score (nSPS) is 20.8. The molecule has 0 aliphatic carbocycles. The molecule has 34 heavy (non-hydrogen) atoms. The summed E-state index contributed by atoms with van der Waals surface area (Å²) in [5.41, 5.74) is -0.781. The first-order valence-corrected chi connectivity index (χ1v) is 12.1. The molecule has 2 aromatic carbocycles. The van der Waals surface area contributed by atoms with Crippen LogP contribution in [-0.4, -0.2) is 54.4 Å². The highest BCUT2D eigenvalue weighted by atomic mass is 35.5. The fourth-order valence-corrected chi connectivity index (χ4v) is 5.00. The van der Waals surface area contributed by atoms with Gasteiger partial charge in [0.1, 0.15) is 17.4 Å². The Labute approximate surface area is 203 Å². The molecule has 2 aromatic rings. The second-order valence-electron chi connectivity index (χ2n) is 9.32. The van der Waals surface area contributed by atoms with Gasteiger partial charge in [0.05, 0.1) is 12.2 Å². The molecule has 0 saturated carbocycles. The van der Waals surface area contributed by atoms with E-state index >= 15 is 0 Å². The molecule has 0 bridgehead atoms. The first kappa shape index (κ1) is 24.5. The van der Waals surface area contributed by atoms with Crippen molar-refractivity contribution in [1.29, 1.82) is 0 Å². The van der Waals surface area contributed by atoms with Crippen molar-refractivity contribution in [2.24, 2.45) is 5.41 Å². The average molecular weight is 491 g/mol. The van der Waals surface area contributed by atoms with Gasteiger partial charge in [-0.15, -0.1) is 0 Å². The zero-order valence-corrected chi connectivity index (χ0v) is 19.8. The second-order valence-corrected chi connectivity index (χ2v) is 9.75. The van der Waals surface area contributed by atoms with E-state index in [1.807, 2.05) is 4.90 Å². The largest absolute Gasteiger partial charge is 0.493 e. The first-order valence-electron chi connectivity index (χ1n) is 11.8. The van der Waals surface area contributed by atoms with Crippen molar-refractivity contribution in [1.82, 2.24) is 9.80 Å². The van der Waals surface area contributed by atoms with Crippen molar-refractivity contribution in [2.45, 2.75) is 38.5 Å². The highest BCUT2D eigenvalue weighted by molar-refractivity contribution is 6.30. The summed E-state index contributed by atoms with van der Waals surface area (Å²) in [4.78, 5) is 29.8. The molecule has 0 aromatic heterocycles. The molecule has 0 unspecified atom stereocenters. The first-order chi connectivity index (χ1) is 16.3. The maximum atomic E-state index is 14.3. The van der Waals surface area contributed by atoms with E-state index in [9.17, 15) is 18.4 Å². The van der Waals surface area contributed by atoms with Crippen molar-refractivity contribution in [3.8, 4) is 5.75 Å². The molecule has 2 aliphatic rings. The number of hydrogen-bond donors (Lipinski definition) is 0. The number of nitrogens with zero attached hydrogens (tertiary/aromatic N) is 2. The summed E-state index contributed by atoms with van der Waals surface area (Å²) in [7, 11) is 0. The summed E-state index contributed by atoms with van der Waals surface area (Å²) in [6.07, 6.45) is 4.72. The lowest BCUT2D eigenvalue weighted by molar-refractivity contribution is -0.136. The van der Waals surface area contributed by atoms with Crippen molar-refractivity contribution in [3.63, 3.8) is 0 Å². The van der Waals surface area contributed by atoms with Crippen molar-refractivity contribution >= 4 is 23.4 Å². The third kappa shape index (κ3) is 5.87. The smallest absolute Gasteiger partial charge is 0.256 e. The Morgan fingerprint density at radius 2 is 1.65 bits per heavy atom. The number of halogens is 3. The molecule has 182 valence electrons. The number of carbonyl (C=O) groups is 2. The molecule has 4 rings (SSSR count). The van der Waals surface area contributed by atoms with E-state index in [-0.39, 0.29) is 31.0 Å². The minimum absolute atomic E-state index is 0.0571. The van der Waals surface area contributed by atoms with Gasteiger partial charge in [0.2, 0.25) is 5.91 Å². The fraction of sp³-hybridized carbons (Fsp3) is 0.462. The van der Waals surface area contributed by atoms with Crippen molar-refractivity contribution in [2.75, 3.05) is 32.8 Å². The highest BCUT2D eigenvalue weighted by Gasteiger charge is 2.41. The molecular formula is C26H29ClF2N2O3. The predicted molar refractivity (Wildman–Crippen MR) is 126 cm³/mol. The van der Waals surface area contributed by atoms with Gasteiger partial charge in [-0.25, -0.2) is 8.78 Å². The lowest BCUT2D eigenvalue weighted by Gasteiger charge is -2.43. The summed E-state index contributed by atoms with van der Waals surface area (Å²) in [6, 6.07) is 9.97. The van der Waals surface area contributed by atoms with Crippen LogP contribution in [0, 0.1) is 17.0 Å². The molecule has 0 N–H and O–H groups in total. The van der Waals surface area contributed by atoms with Gasteiger partial charge in [0.15, 0.2) is 0 Å². The second kappa shape index (κ2) is 10.7. The maximum absolute atomic E-state index is 14.3. The van der Waals surface area contributed by atoms with Gasteiger partial charge >= 0.3 is 0 Å². The predicted octanol–water partition coefficient (Wildman–Crippen LogP) is 5.32. The minimum atomic E-state index is -0.886. The van der Waals surface area contributed by atoms with Gasteiger partial charge < -0.3 is 14.5 Å². The molecule has 0 radical (unpaired) electrons. The summed E-state index contributed by atoms with van der Waals surface area (Å²) >= 11 is 5.97. The van der Waals surface area contributed by atoms with Crippen LogP contribution in [0.25, 0.3) is 0 Å². The van der Waals surface area contributed by atoms with Crippen LogP contribution >= 0.6 is 11.6 Å². The topological polar surface area (TPSA) is 49.9 Å². The fourth-order valence-electron chi connectivity index (χ4n) is 4.87. The molecule has 2 fully saturated rings. The van der Waals surface area contributed by atoms with Crippen LogP contribution in [0.15, 0.2) is 42.5 Å². The third-order valence-corrected chi connectivity index (χ3v) is 6.96. The number of likely N-dealkylation sites (tertiary alicyclic amines) is 2. The summed E-state index contributed by atoms with van der Waals surface area (Å²) < 4.78 is 33.7. The Bertz CT molecular complexity index is 1030. The van der Waals surface area contributed by atoms with Crippen molar-refractivity contribution < 1.29 is 23.1 Å². The van der Waals surface area contributed by atoms with E-state index in [2.05, 4.69) is 0 Å². The van der Waals surface area contributed by atoms with Gasteiger partial charge in [-0.3, -0.25) is 9.59 Å². The maximum Gasteiger partial charge on any atom is 0.256 e. The Balaban J connectivity index is 1.54. The van der Waals surface area contributed by atoms with E-state index in [1.54, 1.807) is 29.2 Å². The van der Waals surface area contributed by atoms with Crippen LogP contribution in [0.3, 0.4) is 0 Å². The lowest BCUT2D eigenvalue weighted by atomic mass is 9.77. The highest BCUT2D eigenvalue weighted by Crippen LogP contribution is 2.36. The number of hydrogen-bond acceptors (Lipinski definition) is 3. The van der Waals surface area contributed by atoms with E-state index in [0.29, 0.717) is 36.2 Å². The molecule has 2 saturated heterocycles. The van der Waals surface area contributed by atoms with E-state index in [4.69, 9.17) is 16.3 Å². The Kier molecular flexibility index (Phi) is 7.71. The summed E-state index contributed by atoms with van der Waals surface area (Å²) in [5, 5.41) is 0.595. The summed E-state index contributed by atoms with van der Waals surface area (Å²) in [5.74, 6) is -1.43. The summed E-state index contributed by atoms with van der Waals surface area (Å²) in [6.45, 7) is 2.43. The third-order valence-electron chi connectivity index (χ3n) is 6.70. The van der Waals surface area contributed by atoms with Gasteiger partial charge in [-0.05, 0) is 68.5 Å². The molecule has 1 atom stereocenters. The number of amides is 2. The molecule has 5 nitrogen and oxygen atoms in total. The quantitative estimate of drug-likeness (QED) is 0.550. The van der Waals surface area contributed by atoms with E-state index in [0.717, 1.165) is 38.4 Å². The molecule has 2 aliphatic heterocycles. The van der Waals surface area contributed by atoms with Crippen LogP contribution in [-0.2, 0) is 4.79 Å². The van der Waals surface area contributed by atoms with Crippen LogP contribution in [0.5, 0.6) is 5.75 Å². The van der Waals surface area contributed by atoms with Gasteiger partial charge in [-0.1, -0.05) is 11.6 Å². The van der Waals surface area contributed by atoms with E-state index in [1.165, 1.54) is 6.07 Å². The average Bonchev–Trinajstić information content (AvgIpc) is 2.84. The standard InChI is InChI=1S/C26H29ClF2N2O3/c27-19-5-8-21(9-6-19)34-18-26(16-24(32)30-12-2-1-3-13-30)11-4-14-31(17-26)25(33)22-10-7-20(28)15-23(22)29/h5-10,15H,1-4,11-14,16-18H2/t26-/m1/s1. The zero-order chi connectivity index (χ0) is 24.1. The lowest BCUT2D eigenvalue weighted by Crippen LogP contribution is -2.51. The van der Waals surface area contributed by atoms with Gasteiger partial charge in [0.25, 0.3) is 5.91 Å². The van der Waals surface area contributed by atoms with Gasteiger partial charge in [-0.2, -0.15) is 0 Å². The van der Waals surface area contributed by atoms with Crippen LogP contribution < -0.4 is 4.74 Å². The number of carbonyl (C=O) groups excluding carboxylic acids is 2. The SMILES string of the molecule is O=C(C[C@]1(COc2ccc(Cl)cc2)CCCN(C(=O)c2ccc(F)cc2F)C1)N1CCCCC1. The van der Waals surface area contributed by atoms with Crippen molar-refractivity contribution in [3.05, 3.63) is 64.7 Å². The Morgan fingerprint density at radius 1 is 0.941 bits per heavy atom. The number of benzene rings is 2. The molecule has 0 spiro atoms. The minimum Gasteiger partial charge on any atom is -0.493 e. The molecule has 2 amide bonds. The monoisotopic (exact) mass is 490 g/mol. The van der Waals surface area contributed by atoms with Gasteiger partial charge in [0, 0.05) is 49.1 Å². The number of piperidine rings is 2. The number of rotatable bonds is 6. The van der Waals surface area contributed by atoms with Crippen LogP contribution in [0.4, 0.5) is 8.78 Å². The molecule has 8 heteroatoms. The zero-order valence-electron chi connectivity index (χ0n) is 19.1. The van der Waals surface area contributed by atoms with E-state index < -0.39 is 23.0 Å². The van der Waals surface area contributed by atoms with Crippen LogP contribution in [0.1, 0.15) is 48.9 Å². The number of ether oxygens (including phenoxy) is 1. The Hall–Kier alpha value is -2.67. The van der Waals surface area contributed by atoms with Crippen LogP contribution in [0.2, 0.25) is 5.02 Å².